The van der Waals surface area contributed by atoms with Crippen LogP contribution >= 0.6 is 11.6 Å². The Kier molecular flexibility index (Phi) is 5.90. The van der Waals surface area contributed by atoms with Crippen molar-refractivity contribution in [3.63, 3.8) is 0 Å². The second kappa shape index (κ2) is 8.45. The number of piperazine rings is 1. The first-order valence-corrected chi connectivity index (χ1v) is 11.9. The molecule has 2 aromatic rings. The summed E-state index contributed by atoms with van der Waals surface area (Å²) in [5, 5.41) is 0.566. The van der Waals surface area contributed by atoms with E-state index in [0.29, 0.717) is 29.6 Å². The molecule has 2 saturated heterocycles. The topological polar surface area (TPSA) is 76.2 Å². The minimum atomic E-state index is -3.24. The lowest BCUT2D eigenvalue weighted by Gasteiger charge is -2.43. The van der Waals surface area contributed by atoms with Gasteiger partial charge < -0.3 is 14.4 Å². The number of hydrogen-bond donors (Lipinski definition) is 0. The number of benzene rings is 2. The molecule has 0 aromatic heterocycles. The maximum absolute atomic E-state index is 12.9. The number of hydrogen-bond acceptors (Lipinski definition) is 6. The molecule has 2 heterocycles. The maximum atomic E-state index is 12.9. The van der Waals surface area contributed by atoms with Gasteiger partial charge in [-0.3, -0.25) is 9.69 Å². The van der Waals surface area contributed by atoms with E-state index in [1.807, 2.05) is 29.2 Å². The summed E-state index contributed by atoms with van der Waals surface area (Å²) < 4.78 is 35.7. The lowest BCUT2D eigenvalue weighted by atomic mass is 10.0. The van der Waals surface area contributed by atoms with Crippen LogP contribution in [0.3, 0.4) is 0 Å². The minimum Gasteiger partial charge on any atom is -0.497 e. The molecule has 2 atom stereocenters. The Morgan fingerprint density at radius 1 is 1.00 bits per heavy atom. The fourth-order valence-corrected chi connectivity index (χ4v) is 6.20. The van der Waals surface area contributed by atoms with Gasteiger partial charge in [-0.05, 0) is 48.5 Å². The van der Waals surface area contributed by atoms with Crippen molar-refractivity contribution in [3.05, 3.63) is 53.6 Å². The molecule has 7 nitrogen and oxygen atoms in total. The Morgan fingerprint density at radius 2 is 1.63 bits per heavy atom. The van der Waals surface area contributed by atoms with Gasteiger partial charge in [0, 0.05) is 23.3 Å². The summed E-state index contributed by atoms with van der Waals surface area (Å²) in [5.41, 5.74) is 0.672. The van der Waals surface area contributed by atoms with Crippen molar-refractivity contribution in [2.45, 2.75) is 12.1 Å². The molecule has 0 unspecified atom stereocenters. The first kappa shape index (κ1) is 21.0. The predicted molar refractivity (Wildman–Crippen MR) is 115 cm³/mol. The summed E-state index contributed by atoms with van der Waals surface area (Å²) in [6, 6.07) is 13.5. The van der Waals surface area contributed by atoms with Crippen molar-refractivity contribution >= 4 is 33.0 Å². The first-order chi connectivity index (χ1) is 14.4. The van der Waals surface area contributed by atoms with Gasteiger partial charge in [0.25, 0.3) is 0 Å². The zero-order valence-corrected chi connectivity index (χ0v) is 18.1. The summed E-state index contributed by atoms with van der Waals surface area (Å²) in [5.74, 6) is 1.31. The van der Waals surface area contributed by atoms with Crippen LogP contribution in [0.1, 0.15) is 0 Å². The van der Waals surface area contributed by atoms with E-state index < -0.39 is 15.9 Å². The van der Waals surface area contributed by atoms with Crippen LogP contribution in [-0.2, 0) is 14.6 Å². The lowest BCUT2D eigenvalue weighted by molar-refractivity contribution is -0.123. The molecule has 0 bridgehead atoms. The summed E-state index contributed by atoms with van der Waals surface area (Å²) in [4.78, 5) is 16.5. The lowest BCUT2D eigenvalue weighted by Crippen LogP contribution is -2.62. The molecule has 1 amide bonds. The predicted octanol–water partition coefficient (Wildman–Crippen LogP) is 2.24. The van der Waals surface area contributed by atoms with E-state index >= 15 is 0 Å². The number of sulfone groups is 1. The molecule has 2 aliphatic rings. The normalized spacial score (nSPS) is 23.3. The highest BCUT2D eigenvalue weighted by Crippen LogP contribution is 2.32. The number of ether oxygens (including phenoxy) is 2. The monoisotopic (exact) mass is 450 g/mol. The van der Waals surface area contributed by atoms with E-state index in [4.69, 9.17) is 21.1 Å². The van der Waals surface area contributed by atoms with E-state index in [1.54, 1.807) is 36.3 Å². The molecule has 9 heteroatoms. The summed E-state index contributed by atoms with van der Waals surface area (Å²) in [6.45, 7) is 0.956. The fourth-order valence-electron chi connectivity index (χ4n) is 4.09. The highest BCUT2D eigenvalue weighted by atomic mass is 35.5. The van der Waals surface area contributed by atoms with Gasteiger partial charge in [0.1, 0.15) is 18.1 Å². The van der Waals surface area contributed by atoms with Crippen LogP contribution in [0.2, 0.25) is 5.02 Å². The van der Waals surface area contributed by atoms with Gasteiger partial charge >= 0.3 is 0 Å². The van der Waals surface area contributed by atoms with Crippen LogP contribution < -0.4 is 14.4 Å². The first-order valence-electron chi connectivity index (χ1n) is 9.65. The molecule has 0 radical (unpaired) electrons. The Hall–Kier alpha value is -2.29. The van der Waals surface area contributed by atoms with Crippen molar-refractivity contribution in [2.24, 2.45) is 0 Å². The van der Waals surface area contributed by atoms with Gasteiger partial charge in [-0.15, -0.1) is 0 Å². The van der Waals surface area contributed by atoms with Crippen LogP contribution in [0.5, 0.6) is 11.5 Å². The molecular weight excluding hydrogens is 428 g/mol. The minimum absolute atomic E-state index is 0.0393. The number of anilines is 1. The van der Waals surface area contributed by atoms with Gasteiger partial charge in [-0.2, -0.15) is 0 Å². The number of fused-ring (bicyclic) bond motifs is 1. The van der Waals surface area contributed by atoms with Crippen molar-refractivity contribution in [3.8, 4) is 11.5 Å². The van der Waals surface area contributed by atoms with Crippen molar-refractivity contribution < 1.29 is 22.7 Å². The van der Waals surface area contributed by atoms with E-state index in [-0.39, 0.29) is 30.0 Å². The van der Waals surface area contributed by atoms with E-state index in [2.05, 4.69) is 0 Å². The van der Waals surface area contributed by atoms with E-state index in [0.717, 1.165) is 5.75 Å². The van der Waals surface area contributed by atoms with Crippen LogP contribution in [0.25, 0.3) is 0 Å². The van der Waals surface area contributed by atoms with Crippen molar-refractivity contribution in [2.75, 3.05) is 43.2 Å². The molecule has 2 fully saturated rings. The van der Waals surface area contributed by atoms with Crippen molar-refractivity contribution in [1.82, 2.24) is 4.90 Å². The van der Waals surface area contributed by atoms with Gasteiger partial charge in [-0.25, -0.2) is 8.42 Å². The number of halogens is 1. The quantitative estimate of drug-likeness (QED) is 0.671. The fraction of sp³-hybridized carbons (Fsp3) is 0.381. The number of carbonyl (C=O) groups excluding carboxylic acids is 1. The summed E-state index contributed by atoms with van der Waals surface area (Å²) in [7, 11) is -1.64. The third-order valence-electron chi connectivity index (χ3n) is 5.51. The van der Waals surface area contributed by atoms with E-state index in [1.165, 1.54) is 0 Å². The van der Waals surface area contributed by atoms with E-state index in [9.17, 15) is 13.2 Å². The molecule has 0 N–H and O–H groups in total. The molecule has 160 valence electrons. The van der Waals surface area contributed by atoms with Crippen LogP contribution in [0, 0.1) is 0 Å². The van der Waals surface area contributed by atoms with Crippen molar-refractivity contribution in [1.29, 1.82) is 0 Å². The Bertz CT molecular complexity index is 1010. The van der Waals surface area contributed by atoms with Crippen LogP contribution in [0.4, 0.5) is 5.69 Å². The summed E-state index contributed by atoms with van der Waals surface area (Å²) in [6.07, 6.45) is 0. The zero-order valence-electron chi connectivity index (χ0n) is 16.5. The van der Waals surface area contributed by atoms with Gasteiger partial charge in [-0.1, -0.05) is 11.6 Å². The Balaban J connectivity index is 1.47. The van der Waals surface area contributed by atoms with Crippen LogP contribution in [0.15, 0.2) is 48.5 Å². The number of carbonyl (C=O) groups is 1. The highest BCUT2D eigenvalue weighted by molar-refractivity contribution is 7.91. The Labute approximate surface area is 181 Å². The summed E-state index contributed by atoms with van der Waals surface area (Å²) >= 11 is 5.96. The molecule has 30 heavy (non-hydrogen) atoms. The Morgan fingerprint density at radius 3 is 2.30 bits per heavy atom. The molecule has 2 aliphatic heterocycles. The number of rotatable bonds is 6. The average Bonchev–Trinajstić information content (AvgIpc) is 3.04. The molecular formula is C21H23ClN2O5S. The van der Waals surface area contributed by atoms with Gasteiger partial charge in [0.05, 0.1) is 31.2 Å². The largest absolute Gasteiger partial charge is 0.497 e. The molecule has 2 aromatic carbocycles. The molecule has 0 saturated carbocycles. The second-order valence-electron chi connectivity index (χ2n) is 7.45. The van der Waals surface area contributed by atoms with Gasteiger partial charge in [0.15, 0.2) is 9.84 Å². The van der Waals surface area contributed by atoms with Crippen LogP contribution in [-0.4, -0.2) is 69.6 Å². The highest BCUT2D eigenvalue weighted by Gasteiger charge is 2.49. The SMILES string of the molecule is COc1ccc(OCCN2CC(=O)N(c3ccc(Cl)cc3)[C@H]3CS(=O)(=O)C[C@H]32)cc1. The standard InChI is InChI=1S/C21H23ClN2O5S/c1-28-17-6-8-18(9-7-17)29-11-10-23-12-21(25)24(16-4-2-15(22)3-5-16)20-14-30(26,27)13-19(20)23/h2-9,19-20H,10-14H2,1H3/t19-,20+/m1/s1. The third kappa shape index (κ3) is 4.40. The molecule has 0 aliphatic carbocycles. The maximum Gasteiger partial charge on any atom is 0.241 e. The third-order valence-corrected chi connectivity index (χ3v) is 7.46. The average molecular weight is 451 g/mol. The smallest absolute Gasteiger partial charge is 0.241 e. The molecule has 0 spiro atoms. The number of methoxy groups -OCH3 is 1. The number of amides is 1. The number of nitrogens with zero attached hydrogens (tertiary/aromatic N) is 2. The second-order valence-corrected chi connectivity index (χ2v) is 10.0. The van der Waals surface area contributed by atoms with Gasteiger partial charge in [0.2, 0.25) is 5.91 Å². The molecule has 4 rings (SSSR count). The zero-order chi connectivity index (χ0) is 21.3.